The number of benzene rings is 2. The van der Waals surface area contributed by atoms with E-state index in [9.17, 15) is 9.90 Å². The van der Waals surface area contributed by atoms with Gasteiger partial charge in [-0.25, -0.2) is 0 Å². The van der Waals surface area contributed by atoms with E-state index in [1.54, 1.807) is 42.5 Å². The lowest BCUT2D eigenvalue weighted by atomic mass is 9.90. The maximum atomic E-state index is 12.5. The smallest absolute Gasteiger partial charge is 0.317 e. The molecule has 7 heteroatoms. The quantitative estimate of drug-likeness (QED) is 0.504. The highest BCUT2D eigenvalue weighted by Gasteiger charge is 2.25. The minimum Gasteiger partial charge on any atom is -0.468 e. The van der Waals surface area contributed by atoms with Crippen molar-refractivity contribution in [2.45, 2.75) is 12.5 Å². The largest absolute Gasteiger partial charge is 0.468 e. The number of aliphatic hydroxyl groups excluding tert-OH is 1. The van der Waals surface area contributed by atoms with Gasteiger partial charge in [-0.15, -0.1) is 0 Å². The number of rotatable bonds is 10. The zero-order valence-electron chi connectivity index (χ0n) is 15.6. The summed E-state index contributed by atoms with van der Waals surface area (Å²) in [7, 11) is 4.37. The normalized spacial score (nSPS) is 11.7. The Labute approximate surface area is 158 Å². The minimum absolute atomic E-state index is 0.0516. The van der Waals surface area contributed by atoms with E-state index in [1.807, 2.05) is 0 Å². The predicted molar refractivity (Wildman–Crippen MR) is 97.7 cm³/mol. The van der Waals surface area contributed by atoms with Crippen LogP contribution < -0.4 is 9.47 Å². The summed E-state index contributed by atoms with van der Waals surface area (Å²) >= 11 is 0. The van der Waals surface area contributed by atoms with E-state index in [0.29, 0.717) is 28.2 Å². The van der Waals surface area contributed by atoms with E-state index in [4.69, 9.17) is 23.7 Å². The lowest BCUT2D eigenvalue weighted by Gasteiger charge is -2.19. The molecule has 0 fully saturated rings. The lowest BCUT2D eigenvalue weighted by molar-refractivity contribution is -0.141. The van der Waals surface area contributed by atoms with E-state index in [-0.39, 0.29) is 20.2 Å². The van der Waals surface area contributed by atoms with Gasteiger partial charge in [-0.05, 0) is 28.8 Å². The van der Waals surface area contributed by atoms with Crippen molar-refractivity contribution in [3.8, 4) is 11.5 Å². The molecule has 7 nitrogen and oxygen atoms in total. The van der Waals surface area contributed by atoms with Gasteiger partial charge in [0.1, 0.15) is 17.4 Å². The van der Waals surface area contributed by atoms with Crippen molar-refractivity contribution in [1.29, 1.82) is 0 Å². The van der Waals surface area contributed by atoms with Gasteiger partial charge in [0.25, 0.3) is 0 Å². The Morgan fingerprint density at radius 2 is 1.56 bits per heavy atom. The third-order valence-electron chi connectivity index (χ3n) is 3.83. The molecular formula is C20H24O7. The number of methoxy groups -OCH3 is 3. The van der Waals surface area contributed by atoms with Gasteiger partial charge in [-0.3, -0.25) is 4.79 Å². The van der Waals surface area contributed by atoms with E-state index >= 15 is 0 Å². The summed E-state index contributed by atoms with van der Waals surface area (Å²) in [5.74, 6) is -0.190. The highest BCUT2D eigenvalue weighted by atomic mass is 16.7. The van der Waals surface area contributed by atoms with Crippen LogP contribution in [0.15, 0.2) is 42.5 Å². The number of aliphatic hydroxyl groups is 1. The van der Waals surface area contributed by atoms with Crippen LogP contribution in [0.3, 0.4) is 0 Å². The van der Waals surface area contributed by atoms with Crippen LogP contribution in [-0.4, -0.2) is 46.0 Å². The number of carbonyl (C=O) groups is 1. The van der Waals surface area contributed by atoms with Gasteiger partial charge < -0.3 is 28.8 Å². The minimum atomic E-state index is -0.711. The molecule has 0 amide bonds. The molecule has 0 bridgehead atoms. The predicted octanol–water partition coefficient (Wildman–Crippen LogP) is 2.45. The summed E-state index contributed by atoms with van der Waals surface area (Å²) in [4.78, 5) is 12.5. The lowest BCUT2D eigenvalue weighted by Crippen LogP contribution is -2.16. The zero-order valence-corrected chi connectivity index (χ0v) is 15.6. The molecule has 0 spiro atoms. The molecule has 27 heavy (non-hydrogen) atoms. The van der Waals surface area contributed by atoms with Crippen LogP contribution in [0.2, 0.25) is 0 Å². The fraction of sp³-hybridized carbons (Fsp3) is 0.350. The molecular weight excluding hydrogens is 352 g/mol. The number of esters is 1. The molecule has 146 valence electrons. The number of ether oxygens (including phenoxy) is 5. The second-order valence-corrected chi connectivity index (χ2v) is 5.70. The second-order valence-electron chi connectivity index (χ2n) is 5.70. The molecule has 0 saturated heterocycles. The molecule has 0 aromatic heterocycles. The van der Waals surface area contributed by atoms with Gasteiger partial charge >= 0.3 is 5.97 Å². The molecule has 1 atom stereocenters. The van der Waals surface area contributed by atoms with Crippen LogP contribution >= 0.6 is 0 Å². The van der Waals surface area contributed by atoms with Crippen LogP contribution in [0, 0.1) is 0 Å². The first-order valence-corrected chi connectivity index (χ1v) is 8.29. The average molecular weight is 376 g/mol. The first-order valence-electron chi connectivity index (χ1n) is 8.29. The van der Waals surface area contributed by atoms with Crippen molar-refractivity contribution >= 4 is 5.97 Å². The van der Waals surface area contributed by atoms with Crippen LogP contribution in [0.5, 0.6) is 11.5 Å². The first kappa shape index (κ1) is 20.7. The van der Waals surface area contributed by atoms with Gasteiger partial charge in [-0.2, -0.15) is 0 Å². The fourth-order valence-electron chi connectivity index (χ4n) is 2.63. The summed E-state index contributed by atoms with van der Waals surface area (Å²) in [6, 6.07) is 12.3. The SMILES string of the molecule is COCOc1cc(OCOC)cc(C(C(=O)OC)c2cccc(CO)c2)c1. The molecule has 0 radical (unpaired) electrons. The third kappa shape index (κ3) is 5.68. The standard InChI is InChI=1S/C20H24O7/c1-23-12-26-17-8-16(9-18(10-17)27-13-24-2)19(20(22)25-3)15-6-4-5-14(7-15)11-21/h4-10,19,21H,11-13H2,1-3H3. The maximum Gasteiger partial charge on any atom is 0.317 e. The van der Waals surface area contributed by atoms with E-state index in [1.165, 1.54) is 21.3 Å². The van der Waals surface area contributed by atoms with Crippen LogP contribution in [-0.2, 0) is 25.6 Å². The van der Waals surface area contributed by atoms with Crippen molar-refractivity contribution < 1.29 is 33.6 Å². The van der Waals surface area contributed by atoms with Crippen molar-refractivity contribution in [2.24, 2.45) is 0 Å². The Balaban J connectivity index is 2.50. The molecule has 1 N–H and O–H groups in total. The van der Waals surface area contributed by atoms with Crippen LogP contribution in [0.25, 0.3) is 0 Å². The highest BCUT2D eigenvalue weighted by molar-refractivity contribution is 5.82. The number of carbonyl (C=O) groups excluding carboxylic acids is 1. The molecule has 2 aromatic carbocycles. The third-order valence-corrected chi connectivity index (χ3v) is 3.83. The monoisotopic (exact) mass is 376 g/mol. The van der Waals surface area contributed by atoms with E-state index in [0.717, 1.165) is 0 Å². The summed E-state index contributed by atoms with van der Waals surface area (Å²) in [6.45, 7) is -0.0208. The Morgan fingerprint density at radius 1 is 0.926 bits per heavy atom. The first-order chi connectivity index (χ1) is 13.1. The molecule has 0 saturated carbocycles. The van der Waals surface area contributed by atoms with Gasteiger partial charge in [0.15, 0.2) is 13.6 Å². The maximum absolute atomic E-state index is 12.5. The average Bonchev–Trinajstić information content (AvgIpc) is 2.70. The highest BCUT2D eigenvalue weighted by Crippen LogP contribution is 2.33. The summed E-state index contributed by atoms with van der Waals surface area (Å²) < 4.78 is 25.9. The van der Waals surface area contributed by atoms with E-state index in [2.05, 4.69) is 0 Å². The van der Waals surface area contributed by atoms with Gasteiger partial charge in [-0.1, -0.05) is 24.3 Å². The van der Waals surface area contributed by atoms with Crippen molar-refractivity contribution in [3.05, 3.63) is 59.2 Å². The second kappa shape index (κ2) is 10.5. The molecule has 0 heterocycles. The van der Waals surface area contributed by atoms with Crippen LogP contribution in [0.1, 0.15) is 22.6 Å². The van der Waals surface area contributed by atoms with Crippen molar-refractivity contribution in [1.82, 2.24) is 0 Å². The molecule has 2 rings (SSSR count). The van der Waals surface area contributed by atoms with Gasteiger partial charge in [0.2, 0.25) is 0 Å². The summed E-state index contributed by atoms with van der Waals surface area (Å²) in [5.41, 5.74) is 2.01. The fourth-order valence-corrected chi connectivity index (χ4v) is 2.63. The van der Waals surface area contributed by atoms with Crippen LogP contribution in [0.4, 0.5) is 0 Å². The topological polar surface area (TPSA) is 83.5 Å². The van der Waals surface area contributed by atoms with Gasteiger partial charge in [0.05, 0.1) is 13.7 Å². The molecule has 0 aliphatic heterocycles. The molecule has 0 aliphatic carbocycles. The number of hydrogen-bond donors (Lipinski definition) is 1. The Bertz CT molecular complexity index is 719. The molecule has 0 aliphatic rings. The zero-order chi connectivity index (χ0) is 19.6. The molecule has 1 unspecified atom stereocenters. The number of hydrogen-bond acceptors (Lipinski definition) is 7. The summed E-state index contributed by atoms with van der Waals surface area (Å²) in [5, 5.41) is 9.41. The van der Waals surface area contributed by atoms with E-state index < -0.39 is 11.9 Å². The molecule has 2 aromatic rings. The van der Waals surface area contributed by atoms with Crippen molar-refractivity contribution in [3.63, 3.8) is 0 Å². The Kier molecular flexibility index (Phi) is 8.06. The Hall–Kier alpha value is -2.61. The van der Waals surface area contributed by atoms with Gasteiger partial charge in [0, 0.05) is 20.3 Å². The van der Waals surface area contributed by atoms with Crippen molar-refractivity contribution in [2.75, 3.05) is 34.9 Å². The Morgan fingerprint density at radius 3 is 2.07 bits per heavy atom. The summed E-state index contributed by atoms with van der Waals surface area (Å²) in [6.07, 6.45) is 0.